The summed E-state index contributed by atoms with van der Waals surface area (Å²) in [5.41, 5.74) is 0.474. The molecule has 1 heterocycles. The highest BCUT2D eigenvalue weighted by Crippen LogP contribution is 2.10. The van der Waals surface area contributed by atoms with Crippen molar-refractivity contribution in [3.8, 4) is 0 Å². The first-order valence-corrected chi connectivity index (χ1v) is 5.88. The number of amides is 1. The van der Waals surface area contributed by atoms with Gasteiger partial charge in [-0.05, 0) is 18.1 Å². The Kier molecular flexibility index (Phi) is 5.30. The summed E-state index contributed by atoms with van der Waals surface area (Å²) in [5.74, 6) is -0.705. The molecule has 1 N–H and O–H groups in total. The fraction of sp³-hybridized carbons (Fsp3) is 0.462. The molecule has 0 unspecified atom stereocenters. The second kappa shape index (κ2) is 6.74. The van der Waals surface area contributed by atoms with Gasteiger partial charge in [-0.15, -0.1) is 0 Å². The first kappa shape index (κ1) is 14.2. The van der Waals surface area contributed by atoms with Crippen molar-refractivity contribution in [2.75, 3.05) is 7.11 Å². The van der Waals surface area contributed by atoms with Gasteiger partial charge >= 0.3 is 5.97 Å². The van der Waals surface area contributed by atoms with Gasteiger partial charge in [-0.3, -0.25) is 9.78 Å². The molecule has 2 atom stereocenters. The number of nitrogens with one attached hydrogen (secondary N) is 1. The van der Waals surface area contributed by atoms with Gasteiger partial charge in [0.2, 0.25) is 0 Å². The van der Waals surface area contributed by atoms with Crippen LogP contribution in [0.1, 0.15) is 30.6 Å². The standard InChI is InChI=1S/C13H18N2O3/c1-4-9(2)11(13(17)18-3)15-12(16)10-5-7-14-8-6-10/h5-9,11H,4H2,1-3H3,(H,15,16)/t9-,11-/m1/s1. The molecule has 0 fully saturated rings. The normalized spacial score (nSPS) is 13.5. The summed E-state index contributed by atoms with van der Waals surface area (Å²) >= 11 is 0. The summed E-state index contributed by atoms with van der Waals surface area (Å²) in [6.07, 6.45) is 3.84. The van der Waals surface area contributed by atoms with E-state index in [1.165, 1.54) is 19.5 Å². The summed E-state index contributed by atoms with van der Waals surface area (Å²) in [4.78, 5) is 27.4. The van der Waals surface area contributed by atoms with Crippen LogP contribution in [0, 0.1) is 5.92 Å². The van der Waals surface area contributed by atoms with Gasteiger partial charge < -0.3 is 10.1 Å². The molecule has 5 heteroatoms. The van der Waals surface area contributed by atoms with Crippen LogP contribution < -0.4 is 5.32 Å². The molecule has 0 aliphatic heterocycles. The molecule has 0 aliphatic carbocycles. The van der Waals surface area contributed by atoms with E-state index in [1.54, 1.807) is 12.1 Å². The van der Waals surface area contributed by atoms with E-state index in [2.05, 4.69) is 10.3 Å². The second-order valence-corrected chi connectivity index (χ2v) is 4.10. The summed E-state index contributed by atoms with van der Waals surface area (Å²) in [6, 6.07) is 2.57. The molecule has 1 amide bonds. The number of pyridine rings is 1. The zero-order chi connectivity index (χ0) is 13.5. The van der Waals surface area contributed by atoms with Crippen molar-refractivity contribution in [1.82, 2.24) is 10.3 Å². The van der Waals surface area contributed by atoms with E-state index in [0.717, 1.165) is 6.42 Å². The second-order valence-electron chi connectivity index (χ2n) is 4.10. The molecule has 0 aliphatic rings. The number of esters is 1. The van der Waals surface area contributed by atoms with E-state index in [9.17, 15) is 9.59 Å². The largest absolute Gasteiger partial charge is 0.467 e. The van der Waals surface area contributed by atoms with Crippen molar-refractivity contribution in [2.45, 2.75) is 26.3 Å². The summed E-state index contributed by atoms with van der Waals surface area (Å²) in [7, 11) is 1.32. The van der Waals surface area contributed by atoms with Crippen molar-refractivity contribution in [3.63, 3.8) is 0 Å². The molecule has 0 bridgehead atoms. The average Bonchev–Trinajstić information content (AvgIpc) is 2.43. The van der Waals surface area contributed by atoms with Crippen LogP contribution in [0.25, 0.3) is 0 Å². The maximum Gasteiger partial charge on any atom is 0.328 e. The first-order chi connectivity index (χ1) is 8.60. The van der Waals surface area contributed by atoms with E-state index < -0.39 is 12.0 Å². The molecule has 98 valence electrons. The number of carbonyl (C=O) groups is 2. The Morgan fingerprint density at radius 3 is 2.50 bits per heavy atom. The van der Waals surface area contributed by atoms with Gasteiger partial charge in [-0.2, -0.15) is 0 Å². The summed E-state index contributed by atoms with van der Waals surface area (Å²) in [6.45, 7) is 3.85. The lowest BCUT2D eigenvalue weighted by atomic mass is 9.99. The lowest BCUT2D eigenvalue weighted by molar-refractivity contribution is -0.144. The summed E-state index contributed by atoms with van der Waals surface area (Å²) < 4.78 is 4.71. The maximum absolute atomic E-state index is 11.9. The Morgan fingerprint density at radius 1 is 1.39 bits per heavy atom. The van der Waals surface area contributed by atoms with Gasteiger partial charge in [-0.1, -0.05) is 20.3 Å². The average molecular weight is 250 g/mol. The number of ether oxygens (including phenoxy) is 1. The third kappa shape index (κ3) is 3.55. The zero-order valence-electron chi connectivity index (χ0n) is 10.8. The van der Waals surface area contributed by atoms with Crippen LogP contribution in [0.5, 0.6) is 0 Å². The lowest BCUT2D eigenvalue weighted by Crippen LogP contribution is -2.45. The SMILES string of the molecule is CC[C@@H](C)[C@@H](NC(=O)c1ccncc1)C(=O)OC. The molecule has 1 aromatic rings. The van der Waals surface area contributed by atoms with Crippen LogP contribution in [-0.4, -0.2) is 30.0 Å². The predicted molar refractivity (Wildman–Crippen MR) is 67.0 cm³/mol. The monoisotopic (exact) mass is 250 g/mol. The van der Waals surface area contributed by atoms with E-state index in [1.807, 2.05) is 13.8 Å². The number of nitrogens with zero attached hydrogens (tertiary/aromatic N) is 1. The number of aromatic nitrogens is 1. The van der Waals surface area contributed by atoms with Gasteiger partial charge in [0, 0.05) is 18.0 Å². The smallest absolute Gasteiger partial charge is 0.328 e. The number of carbonyl (C=O) groups excluding carboxylic acids is 2. The molecular formula is C13H18N2O3. The van der Waals surface area contributed by atoms with Gasteiger partial charge in [0.05, 0.1) is 7.11 Å². The fourth-order valence-electron chi connectivity index (χ4n) is 1.52. The molecule has 0 aromatic carbocycles. The van der Waals surface area contributed by atoms with E-state index in [4.69, 9.17) is 4.74 Å². The molecule has 0 radical (unpaired) electrons. The zero-order valence-corrected chi connectivity index (χ0v) is 10.8. The van der Waals surface area contributed by atoms with Crippen LogP contribution in [0.15, 0.2) is 24.5 Å². The van der Waals surface area contributed by atoms with Crippen LogP contribution in [0.3, 0.4) is 0 Å². The first-order valence-electron chi connectivity index (χ1n) is 5.88. The summed E-state index contributed by atoms with van der Waals surface area (Å²) in [5, 5.41) is 2.69. The third-order valence-electron chi connectivity index (χ3n) is 2.90. The molecule has 1 rings (SSSR count). The Bertz CT molecular complexity index is 406. The van der Waals surface area contributed by atoms with Crippen molar-refractivity contribution >= 4 is 11.9 Å². The highest BCUT2D eigenvalue weighted by molar-refractivity contribution is 5.96. The Hall–Kier alpha value is -1.91. The van der Waals surface area contributed by atoms with Crippen molar-refractivity contribution in [2.24, 2.45) is 5.92 Å². The van der Waals surface area contributed by atoms with E-state index in [-0.39, 0.29) is 11.8 Å². The van der Waals surface area contributed by atoms with Crippen LogP contribution in [-0.2, 0) is 9.53 Å². The molecule has 0 spiro atoms. The number of rotatable bonds is 5. The predicted octanol–water partition coefficient (Wildman–Crippen LogP) is 1.40. The Balaban J connectivity index is 2.78. The lowest BCUT2D eigenvalue weighted by Gasteiger charge is -2.21. The highest BCUT2D eigenvalue weighted by Gasteiger charge is 2.26. The minimum absolute atomic E-state index is 0.0169. The quantitative estimate of drug-likeness (QED) is 0.802. The van der Waals surface area contributed by atoms with Crippen LogP contribution in [0.4, 0.5) is 0 Å². The minimum atomic E-state index is -0.624. The number of hydrogen-bond acceptors (Lipinski definition) is 4. The number of hydrogen-bond donors (Lipinski definition) is 1. The fourth-order valence-corrected chi connectivity index (χ4v) is 1.52. The van der Waals surface area contributed by atoms with Gasteiger partial charge in [0.1, 0.15) is 6.04 Å². The van der Waals surface area contributed by atoms with Crippen molar-refractivity contribution < 1.29 is 14.3 Å². The van der Waals surface area contributed by atoms with Crippen LogP contribution >= 0.6 is 0 Å². The van der Waals surface area contributed by atoms with Crippen molar-refractivity contribution in [1.29, 1.82) is 0 Å². The molecular weight excluding hydrogens is 232 g/mol. The molecule has 0 saturated carbocycles. The molecule has 0 saturated heterocycles. The number of methoxy groups -OCH3 is 1. The van der Waals surface area contributed by atoms with Gasteiger partial charge in [0.15, 0.2) is 0 Å². The maximum atomic E-state index is 11.9. The Labute approximate surface area is 107 Å². The third-order valence-corrected chi connectivity index (χ3v) is 2.90. The van der Waals surface area contributed by atoms with Gasteiger partial charge in [0.25, 0.3) is 5.91 Å². The highest BCUT2D eigenvalue weighted by atomic mass is 16.5. The van der Waals surface area contributed by atoms with E-state index in [0.29, 0.717) is 5.56 Å². The molecule has 5 nitrogen and oxygen atoms in total. The van der Waals surface area contributed by atoms with Gasteiger partial charge in [-0.25, -0.2) is 4.79 Å². The molecule has 1 aromatic heterocycles. The molecule has 18 heavy (non-hydrogen) atoms. The van der Waals surface area contributed by atoms with E-state index >= 15 is 0 Å². The van der Waals surface area contributed by atoms with Crippen LogP contribution in [0.2, 0.25) is 0 Å². The van der Waals surface area contributed by atoms with Crippen molar-refractivity contribution in [3.05, 3.63) is 30.1 Å². The minimum Gasteiger partial charge on any atom is -0.467 e. The topological polar surface area (TPSA) is 68.3 Å². The Morgan fingerprint density at radius 2 is 2.00 bits per heavy atom.